The average Bonchev–Trinajstić information content (AvgIpc) is 3.41. The first kappa shape index (κ1) is 21.1. The number of carbonyl (C=O) groups excluding carboxylic acids is 1. The predicted octanol–water partition coefficient (Wildman–Crippen LogP) is 4.28. The molecule has 8 nitrogen and oxygen atoms in total. The first-order valence-electron chi connectivity index (χ1n) is 10.4. The second-order valence-electron chi connectivity index (χ2n) is 7.67. The van der Waals surface area contributed by atoms with Gasteiger partial charge in [-0.3, -0.25) is 14.5 Å². The Morgan fingerprint density at radius 2 is 1.94 bits per heavy atom. The lowest BCUT2D eigenvalue weighted by Crippen LogP contribution is -2.29. The third-order valence-corrected chi connectivity index (χ3v) is 6.79. The Hall–Kier alpha value is -3.72. The van der Waals surface area contributed by atoms with Gasteiger partial charge in [-0.1, -0.05) is 42.0 Å². The summed E-state index contributed by atoms with van der Waals surface area (Å²) in [6, 6.07) is 9.88. The Labute approximate surface area is 193 Å². The van der Waals surface area contributed by atoms with Gasteiger partial charge < -0.3 is 13.9 Å². The quantitative estimate of drug-likeness (QED) is 0.436. The molecule has 168 valence electrons. The number of carbonyl (C=O) groups is 1. The highest BCUT2D eigenvalue weighted by molar-refractivity contribution is 7.15. The van der Waals surface area contributed by atoms with Gasteiger partial charge in [0.15, 0.2) is 16.9 Å². The zero-order valence-electron chi connectivity index (χ0n) is 18.5. The van der Waals surface area contributed by atoms with E-state index in [1.165, 1.54) is 30.5 Å². The van der Waals surface area contributed by atoms with Crippen LogP contribution >= 0.6 is 11.3 Å². The molecule has 0 N–H and O–H groups in total. The van der Waals surface area contributed by atoms with Gasteiger partial charge in [0.1, 0.15) is 16.6 Å². The van der Waals surface area contributed by atoms with Crippen molar-refractivity contribution in [2.24, 2.45) is 0 Å². The minimum absolute atomic E-state index is 0.000487. The molecule has 2 aromatic heterocycles. The molecule has 0 unspecified atom stereocenters. The molecule has 0 radical (unpaired) electrons. The first-order chi connectivity index (χ1) is 16.0. The van der Waals surface area contributed by atoms with Gasteiger partial charge in [-0.15, -0.1) is 10.2 Å². The van der Waals surface area contributed by atoms with Crippen LogP contribution in [0, 0.1) is 6.92 Å². The van der Waals surface area contributed by atoms with Crippen LogP contribution in [0.15, 0.2) is 45.6 Å². The molecule has 0 saturated heterocycles. The van der Waals surface area contributed by atoms with E-state index in [-0.39, 0.29) is 16.8 Å². The predicted molar refractivity (Wildman–Crippen MR) is 125 cm³/mol. The highest BCUT2D eigenvalue weighted by atomic mass is 32.1. The van der Waals surface area contributed by atoms with Crippen LogP contribution in [0.1, 0.15) is 45.2 Å². The number of anilines is 1. The number of aromatic nitrogens is 2. The van der Waals surface area contributed by atoms with E-state index in [1.807, 2.05) is 26.0 Å². The summed E-state index contributed by atoms with van der Waals surface area (Å²) in [5, 5.41) is 10.0. The Morgan fingerprint density at radius 3 is 2.64 bits per heavy atom. The average molecular weight is 464 g/mol. The second kappa shape index (κ2) is 8.00. The second-order valence-corrected chi connectivity index (χ2v) is 8.71. The highest BCUT2D eigenvalue weighted by Crippen LogP contribution is 2.46. The van der Waals surface area contributed by atoms with Gasteiger partial charge in [0, 0.05) is 5.56 Å². The summed E-state index contributed by atoms with van der Waals surface area (Å²) in [6.07, 6.45) is 0.681. The number of methoxy groups -OCH3 is 2. The van der Waals surface area contributed by atoms with E-state index in [1.54, 1.807) is 24.3 Å². The fourth-order valence-corrected chi connectivity index (χ4v) is 5.00. The van der Waals surface area contributed by atoms with Crippen molar-refractivity contribution < 1.29 is 18.7 Å². The number of fused-ring (bicyclic) bond motifs is 2. The molecular formula is C24H21N3O5S. The van der Waals surface area contributed by atoms with Crippen LogP contribution in [0.4, 0.5) is 5.13 Å². The van der Waals surface area contributed by atoms with Crippen LogP contribution in [-0.4, -0.2) is 30.3 Å². The van der Waals surface area contributed by atoms with Crippen LogP contribution in [0.25, 0.3) is 11.0 Å². The maximum Gasteiger partial charge on any atom is 0.297 e. The molecule has 1 atom stereocenters. The van der Waals surface area contributed by atoms with Crippen LogP contribution in [0.5, 0.6) is 11.5 Å². The molecule has 1 amide bonds. The number of rotatable bonds is 5. The molecule has 1 aliphatic heterocycles. The van der Waals surface area contributed by atoms with Crippen molar-refractivity contribution in [2.75, 3.05) is 19.1 Å². The van der Waals surface area contributed by atoms with Gasteiger partial charge in [0.2, 0.25) is 10.9 Å². The Bertz CT molecular complexity index is 1460. The molecule has 3 heterocycles. The Balaban J connectivity index is 1.84. The van der Waals surface area contributed by atoms with Crippen molar-refractivity contribution in [3.63, 3.8) is 0 Å². The molecule has 33 heavy (non-hydrogen) atoms. The summed E-state index contributed by atoms with van der Waals surface area (Å²) in [6.45, 7) is 3.87. The van der Waals surface area contributed by atoms with E-state index in [0.717, 1.165) is 10.6 Å². The number of hydrogen-bond donors (Lipinski definition) is 0. The molecule has 5 rings (SSSR count). The maximum atomic E-state index is 13.8. The summed E-state index contributed by atoms with van der Waals surface area (Å²) < 4.78 is 17.1. The number of para-hydroxylation sites is 1. The van der Waals surface area contributed by atoms with Gasteiger partial charge in [-0.25, -0.2) is 0 Å². The largest absolute Gasteiger partial charge is 0.493 e. The molecule has 4 aromatic rings. The smallest absolute Gasteiger partial charge is 0.297 e. The van der Waals surface area contributed by atoms with E-state index >= 15 is 0 Å². The zero-order valence-corrected chi connectivity index (χ0v) is 19.4. The molecule has 2 aromatic carbocycles. The van der Waals surface area contributed by atoms with Gasteiger partial charge in [0.25, 0.3) is 5.91 Å². The number of hydrogen-bond acceptors (Lipinski definition) is 8. The van der Waals surface area contributed by atoms with E-state index in [0.29, 0.717) is 39.6 Å². The summed E-state index contributed by atoms with van der Waals surface area (Å²) in [5.74, 6) is 0.473. The minimum Gasteiger partial charge on any atom is -0.493 e. The fraction of sp³-hybridized carbons (Fsp3) is 0.250. The van der Waals surface area contributed by atoms with Crippen molar-refractivity contribution in [3.05, 3.63) is 74.1 Å². The Morgan fingerprint density at radius 1 is 1.12 bits per heavy atom. The Kier molecular flexibility index (Phi) is 5.13. The molecule has 0 aliphatic carbocycles. The number of amides is 1. The fourth-order valence-electron chi connectivity index (χ4n) is 4.19. The summed E-state index contributed by atoms with van der Waals surface area (Å²) in [5.41, 5.74) is 1.86. The summed E-state index contributed by atoms with van der Waals surface area (Å²) >= 11 is 1.31. The molecule has 9 heteroatoms. The van der Waals surface area contributed by atoms with Gasteiger partial charge in [-0.2, -0.15) is 0 Å². The van der Waals surface area contributed by atoms with Crippen molar-refractivity contribution in [2.45, 2.75) is 26.3 Å². The number of ether oxygens (including phenoxy) is 2. The van der Waals surface area contributed by atoms with Gasteiger partial charge in [0.05, 0.1) is 25.2 Å². The van der Waals surface area contributed by atoms with Crippen molar-refractivity contribution >= 4 is 33.3 Å². The maximum absolute atomic E-state index is 13.8. The molecule has 0 bridgehead atoms. The van der Waals surface area contributed by atoms with Crippen molar-refractivity contribution in [1.29, 1.82) is 0 Å². The van der Waals surface area contributed by atoms with E-state index < -0.39 is 11.9 Å². The SMILES string of the molecule is CCc1nnc(N2C(=O)c3oc4ccc(C)cc4c(=O)c3[C@@H]2c2cccc(OC)c2OC)s1. The van der Waals surface area contributed by atoms with Gasteiger partial charge in [-0.05, 0) is 31.5 Å². The summed E-state index contributed by atoms with van der Waals surface area (Å²) in [7, 11) is 3.06. The monoisotopic (exact) mass is 463 g/mol. The molecule has 0 fully saturated rings. The standard InChI is InChI=1S/C24H21N3O5S/c1-5-17-25-26-24(33-17)27-19(13-7-6-8-16(30-3)21(13)31-4)18-20(28)14-11-12(2)9-10-15(14)32-22(18)23(27)29/h6-11,19H,5H2,1-4H3/t19-/m0/s1. The van der Waals surface area contributed by atoms with Crippen molar-refractivity contribution in [3.8, 4) is 11.5 Å². The van der Waals surface area contributed by atoms with Crippen LogP contribution in [0.2, 0.25) is 0 Å². The number of nitrogens with zero attached hydrogens (tertiary/aromatic N) is 3. The number of aryl methyl sites for hydroxylation is 2. The van der Waals surface area contributed by atoms with E-state index in [4.69, 9.17) is 13.9 Å². The van der Waals surface area contributed by atoms with Crippen molar-refractivity contribution in [1.82, 2.24) is 10.2 Å². The van der Waals surface area contributed by atoms with Gasteiger partial charge >= 0.3 is 0 Å². The molecule has 1 aliphatic rings. The lowest BCUT2D eigenvalue weighted by Gasteiger charge is -2.24. The number of benzene rings is 2. The molecular weight excluding hydrogens is 442 g/mol. The zero-order chi connectivity index (χ0) is 23.3. The lowest BCUT2D eigenvalue weighted by atomic mass is 9.97. The van der Waals surface area contributed by atoms with Crippen LogP contribution < -0.4 is 19.8 Å². The normalized spacial score (nSPS) is 15.2. The topological polar surface area (TPSA) is 94.8 Å². The third kappa shape index (κ3) is 3.19. The molecule has 0 saturated carbocycles. The van der Waals surface area contributed by atoms with E-state index in [2.05, 4.69) is 10.2 Å². The molecule has 0 spiro atoms. The lowest BCUT2D eigenvalue weighted by molar-refractivity contribution is 0.0970. The van der Waals surface area contributed by atoms with E-state index in [9.17, 15) is 9.59 Å². The highest BCUT2D eigenvalue weighted by Gasteiger charge is 2.46. The van der Waals surface area contributed by atoms with Crippen LogP contribution in [-0.2, 0) is 6.42 Å². The summed E-state index contributed by atoms with van der Waals surface area (Å²) in [4.78, 5) is 28.9. The minimum atomic E-state index is -0.809. The van der Waals surface area contributed by atoms with Crippen LogP contribution in [0.3, 0.4) is 0 Å². The third-order valence-electron chi connectivity index (χ3n) is 5.72. The first-order valence-corrected chi connectivity index (χ1v) is 11.2.